The molecule has 1 saturated heterocycles. The lowest BCUT2D eigenvalue weighted by atomic mass is 9.86. The summed E-state index contributed by atoms with van der Waals surface area (Å²) in [7, 11) is 1.90. The van der Waals surface area contributed by atoms with Crippen molar-refractivity contribution in [3.05, 3.63) is 36.4 Å². The summed E-state index contributed by atoms with van der Waals surface area (Å²) in [5, 5.41) is 29.1. The number of aromatic nitrogens is 6. The second-order valence-electron chi connectivity index (χ2n) is 8.54. The van der Waals surface area contributed by atoms with Gasteiger partial charge in [0, 0.05) is 38.1 Å². The smallest absolute Gasteiger partial charge is 0.229 e. The van der Waals surface area contributed by atoms with Gasteiger partial charge in [0.05, 0.1) is 40.9 Å². The number of nitrogens with one attached hydrogen (secondary N) is 1. The zero-order chi connectivity index (χ0) is 23.9. The zero-order valence-electron chi connectivity index (χ0n) is 19.1. The molecule has 176 valence electrons. The van der Waals surface area contributed by atoms with Gasteiger partial charge in [-0.25, -0.2) is 15.0 Å². The van der Waals surface area contributed by atoms with Gasteiger partial charge in [-0.15, -0.1) is 23.1 Å². The molecule has 0 spiro atoms. The van der Waals surface area contributed by atoms with Gasteiger partial charge in [0.25, 0.3) is 0 Å². The van der Waals surface area contributed by atoms with Gasteiger partial charge in [-0.05, 0) is 24.1 Å². The van der Waals surface area contributed by atoms with Crippen molar-refractivity contribution < 1.29 is 5.11 Å². The molecule has 0 saturated carbocycles. The highest BCUT2D eigenvalue weighted by molar-refractivity contribution is 8.00. The van der Waals surface area contributed by atoms with Crippen molar-refractivity contribution in [1.82, 2.24) is 34.2 Å². The van der Waals surface area contributed by atoms with E-state index in [1.54, 1.807) is 30.8 Å². The fourth-order valence-electron chi connectivity index (χ4n) is 4.22. The number of hydrogen-bond donors (Lipinski definition) is 2. The molecule has 1 fully saturated rings. The Bertz CT molecular complexity index is 1360. The van der Waals surface area contributed by atoms with Crippen LogP contribution in [0.25, 0.3) is 21.5 Å². The summed E-state index contributed by atoms with van der Waals surface area (Å²) in [6.07, 6.45) is 7.61. The number of nitriles is 1. The summed E-state index contributed by atoms with van der Waals surface area (Å²) in [6.45, 7) is 4.92. The molecule has 5 heterocycles. The molecule has 12 heteroatoms. The third kappa shape index (κ3) is 4.05. The third-order valence-corrected chi connectivity index (χ3v) is 7.98. The number of thiophene rings is 1. The molecule has 1 atom stereocenters. The summed E-state index contributed by atoms with van der Waals surface area (Å²) in [4.78, 5) is 15.7. The molecule has 1 aliphatic rings. The molecule has 5 rings (SSSR count). The summed E-state index contributed by atoms with van der Waals surface area (Å²) < 4.78 is 4.68. The fourth-order valence-corrected chi connectivity index (χ4v) is 5.92. The topological polar surface area (TPSA) is 121 Å². The first-order valence-corrected chi connectivity index (χ1v) is 12.7. The lowest BCUT2D eigenvalue weighted by Crippen LogP contribution is -2.68. The molecule has 4 aromatic rings. The SMILES string of the molecule is CCSC(C)(O)N1CC(CC#N)(n2cc(-c3nc(Nc4cn(C)cn4)nc4ccsc34)cn2)C1. The Hall–Kier alpha value is -2.98. The third-order valence-electron chi connectivity index (χ3n) is 5.97. The van der Waals surface area contributed by atoms with Crippen LogP contribution in [0, 0.1) is 11.3 Å². The number of nitrogens with zero attached hydrogens (tertiary/aromatic N) is 8. The summed E-state index contributed by atoms with van der Waals surface area (Å²) in [5.74, 6) is 1.93. The monoisotopic (exact) mass is 495 g/mol. The molecule has 0 bridgehead atoms. The fraction of sp³-hybridized carbons (Fsp3) is 0.409. The first-order chi connectivity index (χ1) is 16.3. The Kier molecular flexibility index (Phi) is 5.81. The number of likely N-dealkylation sites (tertiary alicyclic amines) is 1. The maximum atomic E-state index is 10.8. The molecular weight excluding hydrogens is 470 g/mol. The number of aryl methyl sites for hydroxylation is 1. The van der Waals surface area contributed by atoms with Crippen LogP contribution in [0.2, 0.25) is 0 Å². The highest BCUT2D eigenvalue weighted by atomic mass is 32.2. The Balaban J connectivity index is 1.46. The van der Waals surface area contributed by atoms with Crippen LogP contribution in [-0.2, 0) is 12.6 Å². The first-order valence-electron chi connectivity index (χ1n) is 10.9. The number of fused-ring (bicyclic) bond motifs is 1. The number of thioether (sulfide) groups is 1. The molecule has 0 radical (unpaired) electrons. The molecule has 4 aromatic heterocycles. The van der Waals surface area contributed by atoms with E-state index < -0.39 is 10.6 Å². The highest BCUT2D eigenvalue weighted by Crippen LogP contribution is 2.41. The molecule has 0 aliphatic carbocycles. The van der Waals surface area contributed by atoms with Crippen molar-refractivity contribution in [3.8, 4) is 17.3 Å². The quantitative estimate of drug-likeness (QED) is 0.354. The van der Waals surface area contributed by atoms with Gasteiger partial charge < -0.3 is 15.0 Å². The van der Waals surface area contributed by atoms with Gasteiger partial charge >= 0.3 is 0 Å². The minimum atomic E-state index is -0.967. The molecule has 2 N–H and O–H groups in total. The van der Waals surface area contributed by atoms with Crippen LogP contribution in [0.1, 0.15) is 20.3 Å². The van der Waals surface area contributed by atoms with Crippen molar-refractivity contribution in [3.63, 3.8) is 0 Å². The Morgan fingerprint density at radius 3 is 2.88 bits per heavy atom. The largest absolute Gasteiger partial charge is 0.367 e. The number of imidazole rings is 1. The van der Waals surface area contributed by atoms with Crippen molar-refractivity contribution >= 4 is 45.1 Å². The van der Waals surface area contributed by atoms with Crippen LogP contribution < -0.4 is 5.32 Å². The molecule has 34 heavy (non-hydrogen) atoms. The minimum Gasteiger partial charge on any atom is -0.367 e. The van der Waals surface area contributed by atoms with E-state index in [0.717, 1.165) is 27.2 Å². The summed E-state index contributed by atoms with van der Waals surface area (Å²) in [6, 6.07) is 4.27. The average molecular weight is 496 g/mol. The van der Waals surface area contributed by atoms with E-state index in [-0.39, 0.29) is 0 Å². The van der Waals surface area contributed by atoms with Crippen molar-refractivity contribution in [2.24, 2.45) is 7.05 Å². The van der Waals surface area contributed by atoms with Crippen molar-refractivity contribution in [2.75, 3.05) is 24.2 Å². The van der Waals surface area contributed by atoms with Crippen LogP contribution >= 0.6 is 23.1 Å². The number of hydrogen-bond acceptors (Lipinski definition) is 10. The van der Waals surface area contributed by atoms with Gasteiger partial charge in [0.2, 0.25) is 5.95 Å². The predicted molar refractivity (Wildman–Crippen MR) is 134 cm³/mol. The molecule has 0 amide bonds. The van der Waals surface area contributed by atoms with Crippen LogP contribution in [-0.4, -0.2) is 63.2 Å². The van der Waals surface area contributed by atoms with Gasteiger partial charge in [-0.2, -0.15) is 10.4 Å². The van der Waals surface area contributed by atoms with Gasteiger partial charge in [0.15, 0.2) is 10.9 Å². The Morgan fingerprint density at radius 1 is 1.35 bits per heavy atom. The van der Waals surface area contributed by atoms with Gasteiger partial charge in [0.1, 0.15) is 5.54 Å². The van der Waals surface area contributed by atoms with Crippen molar-refractivity contribution in [2.45, 2.75) is 30.9 Å². The molecule has 1 aliphatic heterocycles. The summed E-state index contributed by atoms with van der Waals surface area (Å²) in [5.41, 5.74) is 1.99. The first kappa shape index (κ1) is 22.8. The van der Waals surface area contributed by atoms with E-state index in [1.165, 1.54) is 11.8 Å². The van der Waals surface area contributed by atoms with E-state index in [4.69, 9.17) is 4.98 Å². The van der Waals surface area contributed by atoms with Crippen LogP contribution in [0.4, 0.5) is 11.8 Å². The van der Waals surface area contributed by atoms with E-state index >= 15 is 0 Å². The van der Waals surface area contributed by atoms with Crippen LogP contribution in [0.5, 0.6) is 0 Å². The maximum Gasteiger partial charge on any atom is 0.229 e. The Morgan fingerprint density at radius 2 is 2.18 bits per heavy atom. The van der Waals surface area contributed by atoms with Gasteiger partial charge in [-0.3, -0.25) is 9.58 Å². The normalized spacial score (nSPS) is 17.3. The second kappa shape index (κ2) is 8.66. The van der Waals surface area contributed by atoms with Crippen molar-refractivity contribution in [1.29, 1.82) is 5.26 Å². The Labute approximate surface area is 205 Å². The maximum absolute atomic E-state index is 10.8. The zero-order valence-corrected chi connectivity index (χ0v) is 20.8. The lowest BCUT2D eigenvalue weighted by molar-refractivity contribution is -0.117. The van der Waals surface area contributed by atoms with Crippen LogP contribution in [0.15, 0.2) is 36.4 Å². The molecular formula is C22H25N9OS2. The number of anilines is 2. The summed E-state index contributed by atoms with van der Waals surface area (Å²) >= 11 is 3.06. The molecule has 10 nitrogen and oxygen atoms in total. The van der Waals surface area contributed by atoms with E-state index in [9.17, 15) is 10.4 Å². The second-order valence-corrected chi connectivity index (χ2v) is 11.1. The standard InChI is InChI=1S/C22H25N9OS2/c1-4-34-21(2,32)30-12-22(13-30,6-7-23)31-10-15(9-25-31)18-19-16(5-8-33-19)26-20(28-18)27-17-11-29(3)14-24-17/h5,8-11,14,32H,4,6,12-13H2,1-3H3,(H,26,27,28). The minimum absolute atomic E-state index is 0.308. The number of rotatable bonds is 8. The molecule has 0 aromatic carbocycles. The van der Waals surface area contributed by atoms with Gasteiger partial charge in [-0.1, -0.05) is 6.92 Å². The molecule has 1 unspecified atom stereocenters. The van der Waals surface area contributed by atoms with E-state index in [0.29, 0.717) is 31.3 Å². The van der Waals surface area contributed by atoms with E-state index in [2.05, 4.69) is 26.5 Å². The van der Waals surface area contributed by atoms with Crippen LogP contribution in [0.3, 0.4) is 0 Å². The number of aliphatic hydroxyl groups is 1. The highest BCUT2D eigenvalue weighted by Gasteiger charge is 2.51. The average Bonchev–Trinajstić information content (AvgIpc) is 3.51. The predicted octanol–water partition coefficient (Wildman–Crippen LogP) is 3.38. The lowest BCUT2D eigenvalue weighted by Gasteiger charge is -2.54. The van der Waals surface area contributed by atoms with E-state index in [1.807, 2.05) is 52.0 Å².